The lowest BCUT2D eigenvalue weighted by molar-refractivity contribution is 0.304. The van der Waals surface area contributed by atoms with Gasteiger partial charge in [-0.05, 0) is 55.7 Å². The second kappa shape index (κ2) is 13.0. The zero-order valence-corrected chi connectivity index (χ0v) is 17.2. The summed E-state index contributed by atoms with van der Waals surface area (Å²) in [6, 6.07) is 13.2. The highest BCUT2D eigenvalue weighted by atomic mass is 16.5. The van der Waals surface area contributed by atoms with Crippen LogP contribution in [0.25, 0.3) is 0 Å². The van der Waals surface area contributed by atoms with Crippen molar-refractivity contribution in [1.82, 2.24) is 19.7 Å². The van der Waals surface area contributed by atoms with E-state index in [9.17, 15) is 0 Å². The summed E-state index contributed by atoms with van der Waals surface area (Å²) in [5.41, 5.74) is 7.43. The van der Waals surface area contributed by atoms with Crippen molar-refractivity contribution < 1.29 is 4.74 Å². The molecule has 2 heterocycles. The third kappa shape index (κ3) is 8.13. The number of nitrogens with zero attached hydrogens (tertiary/aromatic N) is 5. The van der Waals surface area contributed by atoms with Crippen molar-refractivity contribution in [2.24, 2.45) is 10.7 Å². The second-order valence-corrected chi connectivity index (χ2v) is 6.13. The Labute approximate surface area is 172 Å². The monoisotopic (exact) mass is 394 g/mol. The van der Waals surface area contributed by atoms with Gasteiger partial charge in [0, 0.05) is 12.7 Å². The Hall–Kier alpha value is -3.22. The van der Waals surface area contributed by atoms with Crippen LogP contribution in [0.5, 0.6) is 5.75 Å². The molecule has 1 aromatic carbocycles. The average Bonchev–Trinajstić information content (AvgIpc) is 3.30. The third-order valence-electron chi connectivity index (χ3n) is 4.03. The fraction of sp³-hybridized carbons (Fsp3) is 0.364. The Balaban J connectivity index is 0.00000145. The summed E-state index contributed by atoms with van der Waals surface area (Å²) in [6.45, 7) is 5.63. The summed E-state index contributed by atoms with van der Waals surface area (Å²) >= 11 is 0. The predicted molar refractivity (Wildman–Crippen MR) is 116 cm³/mol. The average molecular weight is 395 g/mol. The van der Waals surface area contributed by atoms with Crippen molar-refractivity contribution in [2.75, 3.05) is 6.61 Å². The van der Waals surface area contributed by atoms with E-state index in [1.165, 1.54) is 0 Å². The van der Waals surface area contributed by atoms with E-state index in [1.54, 1.807) is 18.9 Å². The molecule has 7 nitrogen and oxygen atoms in total. The molecule has 0 amide bonds. The molecule has 0 aliphatic carbocycles. The molecular weight excluding hydrogens is 364 g/mol. The van der Waals surface area contributed by atoms with Crippen LogP contribution in [0.3, 0.4) is 0 Å². The number of benzene rings is 1. The molecule has 0 radical (unpaired) electrons. The molecule has 0 atom stereocenters. The maximum absolute atomic E-state index is 5.98. The van der Waals surface area contributed by atoms with Crippen molar-refractivity contribution in [3.05, 3.63) is 67.0 Å². The van der Waals surface area contributed by atoms with Crippen molar-refractivity contribution in [1.29, 1.82) is 0 Å². The van der Waals surface area contributed by atoms with E-state index in [-0.39, 0.29) is 0 Å². The molecule has 7 heteroatoms. The molecule has 0 spiro atoms. The minimum atomic E-state index is 0.398. The van der Waals surface area contributed by atoms with E-state index >= 15 is 0 Å². The molecule has 154 valence electrons. The first-order chi connectivity index (χ1) is 14.3. The second-order valence-electron chi connectivity index (χ2n) is 6.13. The van der Waals surface area contributed by atoms with Crippen LogP contribution in [-0.4, -0.2) is 32.2 Å². The minimum Gasteiger partial charge on any atom is -0.494 e. The number of amidine groups is 1. The molecule has 3 rings (SSSR count). The van der Waals surface area contributed by atoms with Crippen LogP contribution in [0, 0.1) is 0 Å². The number of aryl methyl sites for hydroxylation is 1. The van der Waals surface area contributed by atoms with Crippen molar-refractivity contribution in [3.8, 4) is 5.75 Å². The Bertz CT molecular complexity index is 816. The van der Waals surface area contributed by atoms with Crippen LogP contribution in [0.4, 0.5) is 5.69 Å². The van der Waals surface area contributed by atoms with Gasteiger partial charge in [0.1, 0.15) is 29.9 Å². The fourth-order valence-corrected chi connectivity index (χ4v) is 2.60. The third-order valence-corrected chi connectivity index (χ3v) is 4.03. The van der Waals surface area contributed by atoms with Crippen LogP contribution in [-0.2, 0) is 6.54 Å². The van der Waals surface area contributed by atoms with Gasteiger partial charge in [0.05, 0.1) is 12.3 Å². The number of aromatic nitrogens is 4. The molecule has 0 aliphatic heterocycles. The highest BCUT2D eigenvalue weighted by Gasteiger charge is 2.00. The van der Waals surface area contributed by atoms with Gasteiger partial charge in [0.15, 0.2) is 0 Å². The molecule has 2 N–H and O–H groups in total. The first kappa shape index (κ1) is 22.1. The molecule has 0 aliphatic rings. The van der Waals surface area contributed by atoms with Gasteiger partial charge >= 0.3 is 0 Å². The molecule has 29 heavy (non-hydrogen) atoms. The molecule has 0 unspecified atom stereocenters. The molecule has 0 saturated carbocycles. The van der Waals surface area contributed by atoms with Crippen molar-refractivity contribution in [2.45, 2.75) is 46.1 Å². The van der Waals surface area contributed by atoms with E-state index < -0.39 is 0 Å². The maximum Gasteiger partial charge on any atom is 0.150 e. The lowest BCUT2D eigenvalue weighted by Gasteiger charge is -2.07. The fourth-order valence-electron chi connectivity index (χ4n) is 2.60. The van der Waals surface area contributed by atoms with E-state index in [0.717, 1.165) is 43.7 Å². The van der Waals surface area contributed by atoms with E-state index in [4.69, 9.17) is 10.5 Å². The molecular formula is C22H30N6O. The van der Waals surface area contributed by atoms with Gasteiger partial charge in [-0.25, -0.2) is 9.98 Å². The van der Waals surface area contributed by atoms with Gasteiger partial charge in [-0.15, -0.1) is 0 Å². The quantitative estimate of drug-likeness (QED) is 0.313. The topological polar surface area (TPSA) is 91.2 Å². The maximum atomic E-state index is 5.98. The highest BCUT2D eigenvalue weighted by molar-refractivity contribution is 5.97. The zero-order chi connectivity index (χ0) is 20.7. The summed E-state index contributed by atoms with van der Waals surface area (Å²) in [7, 11) is 0. The van der Waals surface area contributed by atoms with Crippen LogP contribution in [0.15, 0.2) is 66.3 Å². The van der Waals surface area contributed by atoms with E-state index in [1.807, 2.05) is 61.0 Å². The number of ether oxygens (including phenoxy) is 1. The normalized spacial score (nSPS) is 10.9. The zero-order valence-electron chi connectivity index (χ0n) is 17.2. The van der Waals surface area contributed by atoms with Crippen LogP contribution < -0.4 is 10.5 Å². The van der Waals surface area contributed by atoms with Gasteiger partial charge in [0.2, 0.25) is 0 Å². The largest absolute Gasteiger partial charge is 0.494 e. The summed E-state index contributed by atoms with van der Waals surface area (Å²) in [5, 5.41) is 4.09. The number of rotatable bonds is 10. The lowest BCUT2D eigenvalue weighted by Crippen LogP contribution is -2.14. The van der Waals surface area contributed by atoms with Gasteiger partial charge in [-0.2, -0.15) is 5.10 Å². The lowest BCUT2D eigenvalue weighted by atomic mass is 10.2. The molecule has 3 aromatic rings. The summed E-state index contributed by atoms with van der Waals surface area (Å²) in [4.78, 5) is 12.5. The first-order valence-corrected chi connectivity index (χ1v) is 10.1. The Morgan fingerprint density at radius 1 is 1.03 bits per heavy atom. The Morgan fingerprint density at radius 3 is 2.52 bits per heavy atom. The van der Waals surface area contributed by atoms with Crippen molar-refractivity contribution >= 4 is 11.5 Å². The number of hydrogen-bond acceptors (Lipinski definition) is 5. The van der Waals surface area contributed by atoms with Gasteiger partial charge < -0.3 is 10.5 Å². The van der Waals surface area contributed by atoms with Gasteiger partial charge in [-0.3, -0.25) is 9.67 Å². The number of pyridine rings is 1. The number of aliphatic imine (C=N–C) groups is 1. The van der Waals surface area contributed by atoms with E-state index in [0.29, 0.717) is 18.1 Å². The smallest absolute Gasteiger partial charge is 0.150 e. The number of hydrogen-bond donors (Lipinski definition) is 1. The molecule has 0 fully saturated rings. The molecule has 0 bridgehead atoms. The van der Waals surface area contributed by atoms with Gasteiger partial charge in [0.25, 0.3) is 0 Å². The Morgan fingerprint density at radius 2 is 1.83 bits per heavy atom. The number of nitrogens with two attached hydrogens (primary N) is 1. The molecule has 0 saturated heterocycles. The van der Waals surface area contributed by atoms with Crippen molar-refractivity contribution in [3.63, 3.8) is 0 Å². The highest BCUT2D eigenvalue weighted by Crippen LogP contribution is 2.19. The van der Waals surface area contributed by atoms with Crippen LogP contribution >= 0.6 is 0 Å². The van der Waals surface area contributed by atoms with Gasteiger partial charge in [-0.1, -0.05) is 26.3 Å². The van der Waals surface area contributed by atoms with E-state index in [2.05, 4.69) is 20.1 Å². The minimum absolute atomic E-state index is 0.398. The van der Waals surface area contributed by atoms with Crippen LogP contribution in [0.2, 0.25) is 0 Å². The SMILES string of the molecule is CC.NC(=Nc1ccc(OCCCCCCn2cncn2)cc1)c1ccccn1. The standard InChI is InChI=1S/C20H24N6O.C2H6/c21-20(19-7-3-4-12-23-19)25-17-8-10-18(11-9-17)27-14-6-2-1-5-13-26-16-22-15-24-26;1-2/h3-4,7-12,15-16H,1-2,5-6,13-14H2,(H2,21,25);1-2H3. The number of unbranched alkanes of at least 4 members (excludes halogenated alkanes) is 3. The summed E-state index contributed by atoms with van der Waals surface area (Å²) < 4.78 is 7.65. The van der Waals surface area contributed by atoms with Crippen LogP contribution in [0.1, 0.15) is 45.2 Å². The molecule has 2 aromatic heterocycles. The summed E-state index contributed by atoms with van der Waals surface area (Å²) in [6.07, 6.45) is 9.44. The Kier molecular flexibility index (Phi) is 9.93. The predicted octanol–water partition coefficient (Wildman–Crippen LogP) is 4.38. The summed E-state index contributed by atoms with van der Waals surface area (Å²) in [5.74, 6) is 1.24. The first-order valence-electron chi connectivity index (χ1n) is 10.1.